The smallest absolute Gasteiger partial charge is 0.258 e. The molecule has 1 saturated heterocycles. The lowest BCUT2D eigenvalue weighted by molar-refractivity contribution is 0.102. The molecular formula is C19H20ClFN2O3S. The number of hydrogen-bond acceptors (Lipinski definition) is 3. The summed E-state index contributed by atoms with van der Waals surface area (Å²) in [5.74, 6) is -1.40. The molecule has 1 aliphatic heterocycles. The van der Waals surface area contributed by atoms with Crippen molar-refractivity contribution in [2.75, 3.05) is 18.4 Å². The van der Waals surface area contributed by atoms with Crippen LogP contribution in [0.2, 0.25) is 5.02 Å². The summed E-state index contributed by atoms with van der Waals surface area (Å²) in [6.07, 6.45) is 3.72. The van der Waals surface area contributed by atoms with E-state index in [0.29, 0.717) is 13.1 Å². The third kappa shape index (κ3) is 4.66. The molecule has 1 fully saturated rings. The second-order valence-electron chi connectivity index (χ2n) is 6.42. The number of amides is 1. The number of sulfonamides is 1. The number of rotatable bonds is 4. The third-order valence-electron chi connectivity index (χ3n) is 4.47. The summed E-state index contributed by atoms with van der Waals surface area (Å²) in [5.41, 5.74) is 0.0681. The predicted octanol–water partition coefficient (Wildman–Crippen LogP) is 4.30. The van der Waals surface area contributed by atoms with Crippen LogP contribution in [0.1, 0.15) is 36.0 Å². The van der Waals surface area contributed by atoms with Gasteiger partial charge in [0.1, 0.15) is 5.82 Å². The third-order valence-corrected chi connectivity index (χ3v) is 6.60. The van der Waals surface area contributed by atoms with Gasteiger partial charge in [0.15, 0.2) is 0 Å². The van der Waals surface area contributed by atoms with E-state index in [9.17, 15) is 17.6 Å². The zero-order chi connectivity index (χ0) is 19.4. The van der Waals surface area contributed by atoms with Gasteiger partial charge in [0.25, 0.3) is 5.91 Å². The van der Waals surface area contributed by atoms with E-state index in [0.717, 1.165) is 31.7 Å². The fraction of sp³-hybridized carbons (Fsp3) is 0.316. The monoisotopic (exact) mass is 410 g/mol. The number of halogens is 2. The highest BCUT2D eigenvalue weighted by Crippen LogP contribution is 2.23. The van der Waals surface area contributed by atoms with Crippen molar-refractivity contribution in [3.8, 4) is 0 Å². The summed E-state index contributed by atoms with van der Waals surface area (Å²) in [4.78, 5) is 12.4. The van der Waals surface area contributed by atoms with Gasteiger partial charge in [0.05, 0.1) is 10.5 Å². The van der Waals surface area contributed by atoms with Crippen LogP contribution in [0.4, 0.5) is 10.1 Å². The molecule has 0 spiro atoms. The minimum Gasteiger partial charge on any atom is -0.322 e. The van der Waals surface area contributed by atoms with Gasteiger partial charge in [-0.15, -0.1) is 0 Å². The number of anilines is 1. The van der Waals surface area contributed by atoms with Crippen LogP contribution in [-0.4, -0.2) is 31.7 Å². The zero-order valence-corrected chi connectivity index (χ0v) is 16.2. The Morgan fingerprint density at radius 1 is 1.04 bits per heavy atom. The highest BCUT2D eigenvalue weighted by atomic mass is 35.5. The van der Waals surface area contributed by atoms with E-state index >= 15 is 0 Å². The van der Waals surface area contributed by atoms with Crippen molar-refractivity contribution in [1.29, 1.82) is 0 Å². The highest BCUT2D eigenvalue weighted by Gasteiger charge is 2.25. The molecule has 0 atom stereocenters. The van der Waals surface area contributed by atoms with Gasteiger partial charge in [0, 0.05) is 23.8 Å². The lowest BCUT2D eigenvalue weighted by atomic mass is 10.2. The van der Waals surface area contributed by atoms with Crippen molar-refractivity contribution in [2.24, 2.45) is 0 Å². The molecular weight excluding hydrogens is 391 g/mol. The first-order valence-corrected chi connectivity index (χ1v) is 10.6. The van der Waals surface area contributed by atoms with Crippen LogP contribution in [0.3, 0.4) is 0 Å². The molecule has 1 N–H and O–H groups in total. The van der Waals surface area contributed by atoms with Crippen molar-refractivity contribution < 1.29 is 17.6 Å². The molecule has 2 aromatic rings. The number of nitrogens with zero attached hydrogens (tertiary/aromatic N) is 1. The molecule has 144 valence electrons. The van der Waals surface area contributed by atoms with E-state index in [1.54, 1.807) is 12.1 Å². The van der Waals surface area contributed by atoms with Crippen LogP contribution in [0.15, 0.2) is 47.4 Å². The number of nitrogens with one attached hydrogen (secondary N) is 1. The maximum Gasteiger partial charge on any atom is 0.258 e. The fourth-order valence-electron chi connectivity index (χ4n) is 3.04. The first-order valence-electron chi connectivity index (χ1n) is 8.74. The summed E-state index contributed by atoms with van der Waals surface area (Å²) < 4.78 is 41.1. The second-order valence-corrected chi connectivity index (χ2v) is 8.80. The Kier molecular flexibility index (Phi) is 6.14. The van der Waals surface area contributed by atoms with Gasteiger partial charge < -0.3 is 5.32 Å². The molecule has 0 unspecified atom stereocenters. The maximum atomic E-state index is 13.9. The van der Waals surface area contributed by atoms with Crippen molar-refractivity contribution in [2.45, 2.75) is 30.6 Å². The summed E-state index contributed by atoms with van der Waals surface area (Å²) in [7, 11) is -3.64. The zero-order valence-electron chi connectivity index (χ0n) is 14.6. The van der Waals surface area contributed by atoms with Crippen LogP contribution in [0.25, 0.3) is 0 Å². The molecule has 0 saturated carbocycles. The Morgan fingerprint density at radius 2 is 1.74 bits per heavy atom. The summed E-state index contributed by atoms with van der Waals surface area (Å²) in [5, 5.41) is 2.77. The van der Waals surface area contributed by atoms with Crippen molar-refractivity contribution in [1.82, 2.24) is 4.31 Å². The van der Waals surface area contributed by atoms with Gasteiger partial charge in [-0.2, -0.15) is 4.31 Å². The van der Waals surface area contributed by atoms with Crippen LogP contribution >= 0.6 is 11.6 Å². The van der Waals surface area contributed by atoms with E-state index in [2.05, 4.69) is 5.32 Å². The number of carbonyl (C=O) groups excluding carboxylic acids is 1. The largest absolute Gasteiger partial charge is 0.322 e. The molecule has 27 heavy (non-hydrogen) atoms. The maximum absolute atomic E-state index is 13.9. The minimum atomic E-state index is -3.64. The normalized spacial score (nSPS) is 15.9. The van der Waals surface area contributed by atoms with E-state index in [-0.39, 0.29) is 21.2 Å². The number of carbonyl (C=O) groups is 1. The van der Waals surface area contributed by atoms with Crippen LogP contribution in [-0.2, 0) is 10.0 Å². The number of hydrogen-bond donors (Lipinski definition) is 1. The van der Waals surface area contributed by atoms with Crippen LogP contribution < -0.4 is 5.32 Å². The van der Waals surface area contributed by atoms with Gasteiger partial charge in [-0.1, -0.05) is 30.5 Å². The van der Waals surface area contributed by atoms with Crippen LogP contribution in [0.5, 0.6) is 0 Å². The molecule has 5 nitrogen and oxygen atoms in total. The van der Waals surface area contributed by atoms with Gasteiger partial charge in [0.2, 0.25) is 10.0 Å². The molecule has 8 heteroatoms. The molecule has 1 aliphatic rings. The molecule has 1 amide bonds. The standard InChI is InChI=1S/C19H20ClFN2O3S/c20-14-8-9-18(21)17(12-14)19(24)22-15-6-5-7-16(13-15)27(25,26)23-10-3-1-2-4-11-23/h5-9,12-13H,1-4,10-11H2,(H,22,24). The molecule has 0 aromatic heterocycles. The van der Waals surface area contributed by atoms with Crippen LogP contribution in [0, 0.1) is 5.82 Å². The van der Waals surface area contributed by atoms with Gasteiger partial charge >= 0.3 is 0 Å². The van der Waals surface area contributed by atoms with Gasteiger partial charge in [-0.25, -0.2) is 12.8 Å². The second kappa shape index (κ2) is 8.37. The van der Waals surface area contributed by atoms with E-state index in [1.807, 2.05) is 0 Å². The fourth-order valence-corrected chi connectivity index (χ4v) is 4.77. The minimum absolute atomic E-state index is 0.105. The first-order chi connectivity index (χ1) is 12.9. The lowest BCUT2D eigenvalue weighted by Gasteiger charge is -2.20. The number of benzene rings is 2. The highest BCUT2D eigenvalue weighted by molar-refractivity contribution is 7.89. The summed E-state index contributed by atoms with van der Waals surface area (Å²) in [6.45, 7) is 0.985. The average Bonchev–Trinajstić information content (AvgIpc) is 2.94. The van der Waals surface area contributed by atoms with Gasteiger partial charge in [-0.05, 0) is 49.2 Å². The predicted molar refractivity (Wildman–Crippen MR) is 103 cm³/mol. The summed E-state index contributed by atoms with van der Waals surface area (Å²) >= 11 is 5.82. The first kappa shape index (κ1) is 19.8. The van der Waals surface area contributed by atoms with E-state index in [4.69, 9.17) is 11.6 Å². The Bertz CT molecular complexity index is 942. The molecule has 0 radical (unpaired) electrons. The Morgan fingerprint density at radius 3 is 2.44 bits per heavy atom. The molecule has 3 rings (SSSR count). The van der Waals surface area contributed by atoms with Gasteiger partial charge in [-0.3, -0.25) is 4.79 Å². The van der Waals surface area contributed by atoms with Crippen molar-refractivity contribution >= 4 is 33.2 Å². The Hall–Kier alpha value is -1.96. The molecule has 1 heterocycles. The molecule has 0 aliphatic carbocycles. The van der Waals surface area contributed by atoms with Crippen molar-refractivity contribution in [3.63, 3.8) is 0 Å². The molecule has 0 bridgehead atoms. The average molecular weight is 411 g/mol. The lowest BCUT2D eigenvalue weighted by Crippen LogP contribution is -2.32. The molecule has 2 aromatic carbocycles. The SMILES string of the molecule is O=C(Nc1cccc(S(=O)(=O)N2CCCCCC2)c1)c1cc(Cl)ccc1F. The Labute approximate surface area is 163 Å². The van der Waals surface area contributed by atoms with E-state index in [1.165, 1.54) is 28.6 Å². The topological polar surface area (TPSA) is 66.5 Å². The van der Waals surface area contributed by atoms with E-state index < -0.39 is 21.7 Å². The Balaban J connectivity index is 1.83. The van der Waals surface area contributed by atoms with Crippen molar-refractivity contribution in [3.05, 3.63) is 58.9 Å². The summed E-state index contributed by atoms with van der Waals surface area (Å²) in [6, 6.07) is 9.68. The quantitative estimate of drug-likeness (QED) is 0.817.